The second kappa shape index (κ2) is 7.13. The molecule has 0 radical (unpaired) electrons. The van der Waals surface area contributed by atoms with Crippen LogP contribution in [0.25, 0.3) is 11.2 Å². The molecule has 0 amide bonds. The molecule has 30 heavy (non-hydrogen) atoms. The molecule has 3 aliphatic rings. The number of fused-ring (bicyclic) bond motifs is 3. The Labute approximate surface area is 176 Å². The SMILES string of the molecule is Cc1cnn2c(NC3CCC4=C(C3)c3ccccc3C4)cc(N3CCOCC3)nc12. The summed E-state index contributed by atoms with van der Waals surface area (Å²) in [5, 5.41) is 8.44. The molecule has 1 atom stereocenters. The fourth-order valence-corrected chi connectivity index (χ4v) is 5.14. The number of benzene rings is 1. The van der Waals surface area contributed by atoms with E-state index in [9.17, 15) is 0 Å². The third kappa shape index (κ3) is 2.98. The zero-order chi connectivity index (χ0) is 20.1. The van der Waals surface area contributed by atoms with Crippen LogP contribution in [0.3, 0.4) is 0 Å². The number of morpholine rings is 1. The van der Waals surface area contributed by atoms with Crippen molar-refractivity contribution < 1.29 is 4.74 Å². The van der Waals surface area contributed by atoms with Gasteiger partial charge in [-0.15, -0.1) is 0 Å². The lowest BCUT2D eigenvalue weighted by atomic mass is 9.88. The van der Waals surface area contributed by atoms with Gasteiger partial charge in [0.15, 0.2) is 5.65 Å². The van der Waals surface area contributed by atoms with Crippen molar-refractivity contribution >= 4 is 22.9 Å². The Morgan fingerprint density at radius 3 is 2.93 bits per heavy atom. The topological polar surface area (TPSA) is 54.7 Å². The highest BCUT2D eigenvalue weighted by Gasteiger charge is 2.28. The van der Waals surface area contributed by atoms with Gasteiger partial charge in [-0.25, -0.2) is 4.98 Å². The fraction of sp³-hybridized carbons (Fsp3) is 0.417. The first kappa shape index (κ1) is 18.0. The lowest BCUT2D eigenvalue weighted by Gasteiger charge is -2.29. The van der Waals surface area contributed by atoms with Crippen molar-refractivity contribution in [3.63, 3.8) is 0 Å². The Morgan fingerprint density at radius 1 is 1.17 bits per heavy atom. The van der Waals surface area contributed by atoms with Gasteiger partial charge in [0.05, 0.1) is 19.4 Å². The first-order valence-electron chi connectivity index (χ1n) is 11.0. The average molecular weight is 402 g/mol. The minimum atomic E-state index is 0.405. The van der Waals surface area contributed by atoms with Crippen molar-refractivity contribution in [1.82, 2.24) is 14.6 Å². The zero-order valence-electron chi connectivity index (χ0n) is 17.4. The second-order valence-electron chi connectivity index (χ2n) is 8.66. The first-order valence-corrected chi connectivity index (χ1v) is 11.0. The van der Waals surface area contributed by atoms with Gasteiger partial charge in [0.2, 0.25) is 0 Å². The molecule has 1 N–H and O–H groups in total. The molecule has 0 saturated carbocycles. The highest BCUT2D eigenvalue weighted by atomic mass is 16.5. The van der Waals surface area contributed by atoms with Crippen LogP contribution in [0.5, 0.6) is 0 Å². The molecule has 1 aromatic carbocycles. The Morgan fingerprint density at radius 2 is 2.03 bits per heavy atom. The molecule has 6 nitrogen and oxygen atoms in total. The van der Waals surface area contributed by atoms with E-state index in [1.54, 1.807) is 11.1 Å². The van der Waals surface area contributed by atoms with E-state index >= 15 is 0 Å². The van der Waals surface area contributed by atoms with E-state index < -0.39 is 0 Å². The number of anilines is 2. The number of rotatable bonds is 3. The maximum absolute atomic E-state index is 5.53. The van der Waals surface area contributed by atoms with Gasteiger partial charge >= 0.3 is 0 Å². The summed E-state index contributed by atoms with van der Waals surface area (Å²) in [6, 6.07) is 11.5. The highest BCUT2D eigenvalue weighted by molar-refractivity contribution is 5.78. The molecule has 154 valence electrons. The van der Waals surface area contributed by atoms with Gasteiger partial charge in [-0.3, -0.25) is 0 Å². The molecule has 2 aliphatic carbocycles. The van der Waals surface area contributed by atoms with Crippen LogP contribution >= 0.6 is 0 Å². The summed E-state index contributed by atoms with van der Waals surface area (Å²) in [6.45, 7) is 5.35. The Kier molecular flexibility index (Phi) is 4.27. The monoisotopic (exact) mass is 401 g/mol. The lowest BCUT2D eigenvalue weighted by Crippen LogP contribution is -2.37. The summed E-state index contributed by atoms with van der Waals surface area (Å²) in [7, 11) is 0. The van der Waals surface area contributed by atoms with Crippen molar-refractivity contribution in [3.05, 3.63) is 58.8 Å². The van der Waals surface area contributed by atoms with Crippen molar-refractivity contribution in [3.8, 4) is 0 Å². The molecule has 3 aromatic rings. The van der Waals surface area contributed by atoms with Crippen LogP contribution < -0.4 is 10.2 Å². The molecule has 1 unspecified atom stereocenters. The molecule has 1 saturated heterocycles. The second-order valence-corrected chi connectivity index (χ2v) is 8.66. The van der Waals surface area contributed by atoms with Crippen molar-refractivity contribution in [1.29, 1.82) is 0 Å². The molecule has 0 bridgehead atoms. The minimum absolute atomic E-state index is 0.405. The summed E-state index contributed by atoms with van der Waals surface area (Å²) in [5.74, 6) is 2.05. The van der Waals surface area contributed by atoms with E-state index in [2.05, 4.69) is 52.6 Å². The normalized spacial score (nSPS) is 21.1. The van der Waals surface area contributed by atoms with Gasteiger partial charge in [0.1, 0.15) is 11.6 Å². The number of nitrogens with one attached hydrogen (secondary N) is 1. The maximum Gasteiger partial charge on any atom is 0.162 e. The number of aryl methyl sites for hydroxylation is 1. The third-order valence-electron chi connectivity index (χ3n) is 6.74. The van der Waals surface area contributed by atoms with Gasteiger partial charge in [-0.1, -0.05) is 29.8 Å². The summed E-state index contributed by atoms with van der Waals surface area (Å²) < 4.78 is 7.49. The number of nitrogens with zero attached hydrogens (tertiary/aromatic N) is 4. The molecule has 1 aliphatic heterocycles. The van der Waals surface area contributed by atoms with E-state index in [0.717, 1.165) is 68.4 Å². The van der Waals surface area contributed by atoms with E-state index in [4.69, 9.17) is 9.72 Å². The summed E-state index contributed by atoms with van der Waals surface area (Å²) in [4.78, 5) is 7.23. The molecule has 3 heterocycles. The van der Waals surface area contributed by atoms with Crippen molar-refractivity contribution in [2.45, 2.75) is 38.6 Å². The largest absolute Gasteiger partial charge is 0.378 e. The molecule has 2 aromatic heterocycles. The predicted molar refractivity (Wildman–Crippen MR) is 119 cm³/mol. The summed E-state index contributed by atoms with van der Waals surface area (Å²) in [5.41, 5.74) is 8.19. The summed E-state index contributed by atoms with van der Waals surface area (Å²) >= 11 is 0. The van der Waals surface area contributed by atoms with E-state index in [1.165, 1.54) is 17.5 Å². The van der Waals surface area contributed by atoms with Gasteiger partial charge in [0.25, 0.3) is 0 Å². The van der Waals surface area contributed by atoms with Gasteiger partial charge < -0.3 is 15.0 Å². The van der Waals surface area contributed by atoms with Gasteiger partial charge in [-0.05, 0) is 49.3 Å². The van der Waals surface area contributed by atoms with E-state index in [-0.39, 0.29) is 0 Å². The van der Waals surface area contributed by atoms with Crippen LogP contribution in [0.1, 0.15) is 36.0 Å². The highest BCUT2D eigenvalue weighted by Crippen LogP contribution is 2.42. The van der Waals surface area contributed by atoms with Crippen LogP contribution in [0.15, 0.2) is 42.1 Å². The molecule has 0 spiro atoms. The van der Waals surface area contributed by atoms with E-state index in [0.29, 0.717) is 6.04 Å². The molecule has 6 rings (SSSR count). The number of hydrogen-bond acceptors (Lipinski definition) is 5. The minimum Gasteiger partial charge on any atom is -0.378 e. The van der Waals surface area contributed by atoms with Crippen LogP contribution in [-0.2, 0) is 11.2 Å². The first-order chi connectivity index (χ1) is 14.8. The number of aromatic nitrogens is 3. The lowest BCUT2D eigenvalue weighted by molar-refractivity contribution is 0.122. The Balaban J connectivity index is 1.31. The Bertz CT molecular complexity index is 1140. The Hall–Kier alpha value is -2.86. The van der Waals surface area contributed by atoms with E-state index in [1.807, 2.05) is 10.7 Å². The van der Waals surface area contributed by atoms with Gasteiger partial charge in [-0.2, -0.15) is 9.61 Å². The van der Waals surface area contributed by atoms with Crippen molar-refractivity contribution in [2.75, 3.05) is 36.5 Å². The molecular formula is C24H27N5O. The number of allylic oxidation sites excluding steroid dienone is 1. The molecule has 6 heteroatoms. The van der Waals surface area contributed by atoms with Gasteiger partial charge in [0, 0.05) is 30.8 Å². The van der Waals surface area contributed by atoms with Crippen LogP contribution in [0.2, 0.25) is 0 Å². The molecule has 1 fully saturated rings. The standard InChI is InChI=1S/C24H27N5O/c1-16-15-25-29-23(14-22(27-24(16)29)28-8-10-30-11-9-28)26-19-7-6-18-12-17-4-2-3-5-20(17)21(18)13-19/h2-5,14-15,19,26H,6-13H2,1H3. The maximum atomic E-state index is 5.53. The smallest absolute Gasteiger partial charge is 0.162 e. The average Bonchev–Trinajstić information content (AvgIpc) is 3.35. The van der Waals surface area contributed by atoms with Crippen LogP contribution in [-0.4, -0.2) is 46.9 Å². The fourth-order valence-electron chi connectivity index (χ4n) is 5.14. The zero-order valence-corrected chi connectivity index (χ0v) is 17.4. The van der Waals surface area contributed by atoms with Crippen molar-refractivity contribution in [2.24, 2.45) is 0 Å². The number of hydrogen-bond donors (Lipinski definition) is 1. The molecular weight excluding hydrogens is 374 g/mol. The summed E-state index contributed by atoms with van der Waals surface area (Å²) in [6.07, 6.45) is 6.44. The number of ether oxygens (including phenoxy) is 1. The van der Waals surface area contributed by atoms with Crippen LogP contribution in [0, 0.1) is 6.92 Å². The van der Waals surface area contributed by atoms with Crippen LogP contribution in [0.4, 0.5) is 11.6 Å². The quantitative estimate of drug-likeness (QED) is 0.723. The predicted octanol–water partition coefficient (Wildman–Crippen LogP) is 3.85. The third-order valence-corrected chi connectivity index (χ3v) is 6.74.